The van der Waals surface area contributed by atoms with Crippen molar-refractivity contribution in [3.63, 3.8) is 0 Å². The molecular weight excluding hydrogens is 305 g/mol. The Hall–Kier alpha value is -1.22. The second-order valence-corrected chi connectivity index (χ2v) is 5.74. The van der Waals surface area contributed by atoms with Crippen molar-refractivity contribution in [3.05, 3.63) is 63.1 Å². The predicted molar refractivity (Wildman–Crippen MR) is 89.4 cm³/mol. The Labute approximate surface area is 136 Å². The van der Waals surface area contributed by atoms with Crippen molar-refractivity contribution in [1.82, 2.24) is 5.32 Å². The summed E-state index contributed by atoms with van der Waals surface area (Å²) in [7, 11) is 0. The average Bonchev–Trinajstić information content (AvgIpc) is 2.45. The third-order valence-electron chi connectivity index (χ3n) is 3.17. The fraction of sp³-hybridized carbons (Fsp3) is 0.294. The minimum Gasteiger partial charge on any atom is -0.487 e. The number of hydrogen-bond acceptors (Lipinski definition) is 2. The average molecular weight is 324 g/mol. The molecule has 0 fully saturated rings. The Kier molecular flexibility index (Phi) is 5.92. The van der Waals surface area contributed by atoms with Crippen molar-refractivity contribution in [2.45, 2.75) is 27.0 Å². The lowest BCUT2D eigenvalue weighted by molar-refractivity contribution is 0.306. The maximum Gasteiger partial charge on any atom is 0.138 e. The molecule has 0 bridgehead atoms. The summed E-state index contributed by atoms with van der Waals surface area (Å²) in [5, 5.41) is 4.60. The molecule has 0 atom stereocenters. The van der Waals surface area contributed by atoms with Crippen LogP contribution in [0, 0.1) is 6.92 Å². The van der Waals surface area contributed by atoms with Crippen molar-refractivity contribution >= 4 is 23.2 Å². The van der Waals surface area contributed by atoms with Crippen molar-refractivity contribution in [2.24, 2.45) is 0 Å². The van der Waals surface area contributed by atoms with Gasteiger partial charge in [0, 0.05) is 17.1 Å². The smallest absolute Gasteiger partial charge is 0.138 e. The Morgan fingerprint density at radius 1 is 1.05 bits per heavy atom. The lowest BCUT2D eigenvalue weighted by atomic mass is 10.1. The van der Waals surface area contributed by atoms with E-state index in [0.717, 1.165) is 34.8 Å². The molecule has 0 amide bonds. The molecular formula is C17H19Cl2NO. The lowest BCUT2D eigenvalue weighted by Gasteiger charge is -2.11. The van der Waals surface area contributed by atoms with E-state index in [1.807, 2.05) is 43.3 Å². The van der Waals surface area contributed by atoms with Gasteiger partial charge >= 0.3 is 0 Å². The number of benzene rings is 2. The summed E-state index contributed by atoms with van der Waals surface area (Å²) in [6, 6.07) is 11.8. The van der Waals surface area contributed by atoms with Gasteiger partial charge in [-0.3, -0.25) is 0 Å². The predicted octanol–water partition coefficient (Wildman–Crippen LogP) is 4.99. The highest BCUT2D eigenvalue weighted by molar-refractivity contribution is 6.32. The highest BCUT2D eigenvalue weighted by Crippen LogP contribution is 2.27. The van der Waals surface area contributed by atoms with Gasteiger partial charge in [0.25, 0.3) is 0 Å². The van der Waals surface area contributed by atoms with E-state index in [4.69, 9.17) is 27.9 Å². The summed E-state index contributed by atoms with van der Waals surface area (Å²) < 4.78 is 5.77. The van der Waals surface area contributed by atoms with Gasteiger partial charge in [-0.2, -0.15) is 0 Å². The zero-order valence-corrected chi connectivity index (χ0v) is 13.8. The Morgan fingerprint density at radius 3 is 2.52 bits per heavy atom. The van der Waals surface area contributed by atoms with Crippen molar-refractivity contribution < 1.29 is 4.74 Å². The van der Waals surface area contributed by atoms with Crippen LogP contribution >= 0.6 is 23.2 Å². The second-order valence-electron chi connectivity index (χ2n) is 4.93. The van der Waals surface area contributed by atoms with Crippen molar-refractivity contribution in [3.8, 4) is 5.75 Å². The van der Waals surface area contributed by atoms with E-state index < -0.39 is 0 Å². The number of aryl methyl sites for hydroxylation is 1. The molecule has 2 aromatic carbocycles. The van der Waals surface area contributed by atoms with E-state index >= 15 is 0 Å². The molecule has 0 saturated carbocycles. The fourth-order valence-corrected chi connectivity index (χ4v) is 2.51. The minimum atomic E-state index is 0.408. The maximum atomic E-state index is 6.25. The summed E-state index contributed by atoms with van der Waals surface area (Å²) in [6.45, 7) is 6.23. The van der Waals surface area contributed by atoms with Gasteiger partial charge in [-0.15, -0.1) is 0 Å². The van der Waals surface area contributed by atoms with Gasteiger partial charge in [-0.1, -0.05) is 48.3 Å². The molecule has 0 aliphatic heterocycles. The van der Waals surface area contributed by atoms with Gasteiger partial charge < -0.3 is 10.1 Å². The SMILES string of the molecule is CCNCc1ccc(OCc2ccc(C)cc2Cl)c(Cl)c1. The second kappa shape index (κ2) is 7.69. The van der Waals surface area contributed by atoms with Crippen LogP contribution in [0.5, 0.6) is 5.75 Å². The molecule has 0 radical (unpaired) electrons. The Bertz CT molecular complexity index is 614. The van der Waals surface area contributed by atoms with E-state index in [1.165, 1.54) is 0 Å². The summed E-state index contributed by atoms with van der Waals surface area (Å²) in [4.78, 5) is 0. The van der Waals surface area contributed by atoms with Crippen LogP contribution in [0.2, 0.25) is 10.0 Å². The molecule has 2 aromatic rings. The van der Waals surface area contributed by atoms with Crippen LogP contribution in [-0.2, 0) is 13.2 Å². The van der Waals surface area contributed by atoms with Gasteiger partial charge in [0.05, 0.1) is 5.02 Å². The van der Waals surface area contributed by atoms with Crippen LogP contribution in [0.1, 0.15) is 23.6 Å². The third kappa shape index (κ3) is 4.63. The first-order valence-electron chi connectivity index (χ1n) is 6.97. The van der Waals surface area contributed by atoms with Gasteiger partial charge in [0.1, 0.15) is 12.4 Å². The third-order valence-corrected chi connectivity index (χ3v) is 3.81. The largest absolute Gasteiger partial charge is 0.487 e. The van der Waals surface area contributed by atoms with E-state index in [2.05, 4.69) is 12.2 Å². The molecule has 2 nitrogen and oxygen atoms in total. The maximum absolute atomic E-state index is 6.25. The molecule has 0 aliphatic rings. The minimum absolute atomic E-state index is 0.408. The number of ether oxygens (including phenoxy) is 1. The quantitative estimate of drug-likeness (QED) is 0.808. The van der Waals surface area contributed by atoms with Gasteiger partial charge in [0.2, 0.25) is 0 Å². The fourth-order valence-electron chi connectivity index (χ4n) is 1.97. The first-order chi connectivity index (χ1) is 10.1. The van der Waals surface area contributed by atoms with Crippen molar-refractivity contribution in [2.75, 3.05) is 6.54 Å². The van der Waals surface area contributed by atoms with Crippen LogP contribution in [-0.4, -0.2) is 6.54 Å². The summed E-state index contributed by atoms with van der Waals surface area (Å²) >= 11 is 12.5. The zero-order valence-electron chi connectivity index (χ0n) is 12.2. The first kappa shape index (κ1) is 16.2. The van der Waals surface area contributed by atoms with E-state index in [1.54, 1.807) is 0 Å². The summed E-state index contributed by atoms with van der Waals surface area (Å²) in [5.41, 5.74) is 3.23. The normalized spacial score (nSPS) is 10.7. The summed E-state index contributed by atoms with van der Waals surface area (Å²) in [6.07, 6.45) is 0. The molecule has 0 aromatic heterocycles. The molecule has 0 unspecified atom stereocenters. The number of rotatable bonds is 6. The van der Waals surface area contributed by atoms with Gasteiger partial charge in [-0.05, 0) is 42.8 Å². The highest BCUT2D eigenvalue weighted by atomic mass is 35.5. The van der Waals surface area contributed by atoms with Gasteiger partial charge in [-0.25, -0.2) is 0 Å². The van der Waals surface area contributed by atoms with Crippen LogP contribution in [0.15, 0.2) is 36.4 Å². The molecule has 2 rings (SSSR count). The Morgan fingerprint density at radius 2 is 1.86 bits per heavy atom. The first-order valence-corrected chi connectivity index (χ1v) is 7.72. The van der Waals surface area contributed by atoms with Crippen molar-refractivity contribution in [1.29, 1.82) is 0 Å². The molecule has 1 N–H and O–H groups in total. The molecule has 0 spiro atoms. The highest BCUT2D eigenvalue weighted by Gasteiger charge is 2.06. The molecule has 4 heteroatoms. The van der Waals surface area contributed by atoms with E-state index in [-0.39, 0.29) is 0 Å². The monoisotopic (exact) mass is 323 g/mol. The topological polar surface area (TPSA) is 21.3 Å². The van der Waals surface area contributed by atoms with Crippen LogP contribution in [0.25, 0.3) is 0 Å². The number of halogens is 2. The molecule has 112 valence electrons. The molecule has 21 heavy (non-hydrogen) atoms. The molecule has 0 saturated heterocycles. The molecule has 0 heterocycles. The standard InChI is InChI=1S/C17H19Cl2NO/c1-3-20-10-13-5-7-17(16(19)9-13)21-11-14-6-4-12(2)8-15(14)18/h4-9,20H,3,10-11H2,1-2H3. The lowest BCUT2D eigenvalue weighted by Crippen LogP contribution is -2.11. The van der Waals surface area contributed by atoms with E-state index in [9.17, 15) is 0 Å². The van der Waals surface area contributed by atoms with Crippen LogP contribution in [0.4, 0.5) is 0 Å². The summed E-state index contributed by atoms with van der Waals surface area (Å²) in [5.74, 6) is 0.675. The van der Waals surface area contributed by atoms with Crippen LogP contribution < -0.4 is 10.1 Å². The van der Waals surface area contributed by atoms with Crippen LogP contribution in [0.3, 0.4) is 0 Å². The Balaban J connectivity index is 2.02. The van der Waals surface area contributed by atoms with E-state index in [0.29, 0.717) is 17.4 Å². The zero-order chi connectivity index (χ0) is 15.2. The number of nitrogens with one attached hydrogen (secondary N) is 1. The molecule has 0 aliphatic carbocycles. The number of hydrogen-bond donors (Lipinski definition) is 1. The van der Waals surface area contributed by atoms with Gasteiger partial charge in [0.15, 0.2) is 0 Å².